The Morgan fingerprint density at radius 1 is 1.40 bits per heavy atom. The number of allylic oxidation sites excluding steroid dienone is 1. The third-order valence-corrected chi connectivity index (χ3v) is 5.23. The first-order valence-electron chi connectivity index (χ1n) is 7.94. The first kappa shape index (κ1) is 18.1. The summed E-state index contributed by atoms with van der Waals surface area (Å²) in [5, 5.41) is 0.961. The molecule has 1 fully saturated rings. The largest absolute Gasteiger partial charge is 0.463 e. The molecule has 0 aromatic heterocycles. The van der Waals surface area contributed by atoms with Gasteiger partial charge >= 0.3 is 5.97 Å². The zero-order valence-electron chi connectivity index (χ0n) is 14.0. The fraction of sp³-hybridized carbons (Fsp3) is 0.412. The van der Waals surface area contributed by atoms with Gasteiger partial charge in [-0.3, -0.25) is 0 Å². The van der Waals surface area contributed by atoms with Gasteiger partial charge in [0.25, 0.3) is 0 Å². The summed E-state index contributed by atoms with van der Waals surface area (Å²) >= 11 is 1.71. The molecule has 4 rings (SSSR count). The minimum absolute atomic E-state index is 0. The molecule has 1 atom stereocenters. The number of hydrogen-bond donors (Lipinski definition) is 0. The molecule has 6 nitrogen and oxygen atoms in total. The zero-order chi connectivity index (χ0) is 16.7. The average molecular weight is 427 g/mol. The quantitative estimate of drug-likeness (QED) is 0.691. The normalized spacial score (nSPS) is 20.8. The number of aliphatic imine (C=N–C) groups is 1. The van der Waals surface area contributed by atoms with Gasteiger partial charge in [0.1, 0.15) is 0 Å². The van der Waals surface area contributed by atoms with Gasteiger partial charge in [-0.1, -0.05) is 17.8 Å². The fourth-order valence-electron chi connectivity index (χ4n) is 3.21. The molecule has 0 spiro atoms. The van der Waals surface area contributed by atoms with Crippen LogP contribution in [-0.2, 0) is 9.53 Å². The van der Waals surface area contributed by atoms with Gasteiger partial charge in [-0.25, -0.2) is 9.79 Å². The van der Waals surface area contributed by atoms with E-state index in [1.165, 1.54) is 0 Å². The van der Waals surface area contributed by atoms with Gasteiger partial charge in [0, 0.05) is 12.3 Å². The van der Waals surface area contributed by atoms with Crippen LogP contribution in [0.4, 0.5) is 0 Å². The highest BCUT2D eigenvalue weighted by molar-refractivity contribution is 8.93. The molecule has 0 N–H and O–H groups in total. The Kier molecular flexibility index (Phi) is 5.29. The zero-order valence-corrected chi connectivity index (χ0v) is 16.5. The maximum absolute atomic E-state index is 12.6. The summed E-state index contributed by atoms with van der Waals surface area (Å²) in [4.78, 5) is 19.3. The van der Waals surface area contributed by atoms with Crippen molar-refractivity contribution in [1.82, 2.24) is 4.90 Å². The van der Waals surface area contributed by atoms with Crippen molar-refractivity contribution in [3.8, 4) is 11.5 Å². The highest BCUT2D eigenvalue weighted by Gasteiger charge is 2.39. The van der Waals surface area contributed by atoms with E-state index in [2.05, 4.69) is 9.89 Å². The second-order valence-electron chi connectivity index (χ2n) is 5.67. The predicted octanol–water partition coefficient (Wildman–Crippen LogP) is 3.29. The Bertz CT molecular complexity index is 765. The van der Waals surface area contributed by atoms with Crippen molar-refractivity contribution in [3.63, 3.8) is 0 Å². The molecule has 134 valence electrons. The number of ether oxygens (including phenoxy) is 3. The molecule has 0 bridgehead atoms. The highest BCUT2D eigenvalue weighted by atomic mass is 79.9. The Morgan fingerprint density at radius 2 is 2.20 bits per heavy atom. The smallest absolute Gasteiger partial charge is 0.338 e. The van der Waals surface area contributed by atoms with Crippen LogP contribution in [0, 0.1) is 0 Å². The molecular weight excluding hydrogens is 408 g/mol. The lowest BCUT2D eigenvalue weighted by atomic mass is 9.94. The third-order valence-electron chi connectivity index (χ3n) is 4.26. The molecule has 3 aliphatic heterocycles. The van der Waals surface area contributed by atoms with Crippen LogP contribution in [0.2, 0.25) is 0 Å². The van der Waals surface area contributed by atoms with Crippen LogP contribution in [0.15, 0.2) is 34.5 Å². The number of carbonyl (C=O) groups excluding carboxylic acids is 1. The lowest BCUT2D eigenvalue weighted by molar-refractivity contribution is -0.139. The van der Waals surface area contributed by atoms with Crippen molar-refractivity contribution < 1.29 is 19.0 Å². The number of benzene rings is 1. The average Bonchev–Trinajstić information content (AvgIpc) is 3.21. The van der Waals surface area contributed by atoms with Crippen molar-refractivity contribution in [1.29, 1.82) is 0 Å². The van der Waals surface area contributed by atoms with E-state index in [-0.39, 0.29) is 35.8 Å². The van der Waals surface area contributed by atoms with Crippen molar-refractivity contribution >= 4 is 39.9 Å². The molecule has 0 amide bonds. The first-order chi connectivity index (χ1) is 11.7. The van der Waals surface area contributed by atoms with Crippen LogP contribution in [0.5, 0.6) is 11.5 Å². The van der Waals surface area contributed by atoms with Crippen molar-refractivity contribution in [2.45, 2.75) is 19.9 Å². The summed E-state index contributed by atoms with van der Waals surface area (Å²) < 4.78 is 16.2. The van der Waals surface area contributed by atoms with Crippen LogP contribution in [-0.4, -0.2) is 41.7 Å². The summed E-state index contributed by atoms with van der Waals surface area (Å²) in [6, 6.07) is 5.62. The van der Waals surface area contributed by atoms with Crippen molar-refractivity contribution in [3.05, 3.63) is 35.0 Å². The summed E-state index contributed by atoms with van der Waals surface area (Å²) in [6.07, 6.45) is 0. The van der Waals surface area contributed by atoms with Gasteiger partial charge in [-0.2, -0.15) is 0 Å². The van der Waals surface area contributed by atoms with Crippen LogP contribution < -0.4 is 9.47 Å². The lowest BCUT2D eigenvalue weighted by Crippen LogP contribution is -2.36. The van der Waals surface area contributed by atoms with Gasteiger partial charge in [0.15, 0.2) is 16.7 Å². The number of halogens is 1. The van der Waals surface area contributed by atoms with E-state index >= 15 is 0 Å². The van der Waals surface area contributed by atoms with Crippen molar-refractivity contribution in [2.24, 2.45) is 4.99 Å². The second-order valence-corrected chi connectivity index (χ2v) is 6.73. The molecule has 0 radical (unpaired) electrons. The molecule has 1 aromatic carbocycles. The number of thioether (sulfide) groups is 1. The number of carbonyl (C=O) groups is 1. The first-order valence-corrected chi connectivity index (χ1v) is 8.93. The van der Waals surface area contributed by atoms with E-state index in [9.17, 15) is 4.79 Å². The molecule has 1 saturated heterocycles. The molecule has 1 aromatic rings. The lowest BCUT2D eigenvalue weighted by Gasteiger charge is -2.34. The molecule has 3 aliphatic rings. The molecule has 1 unspecified atom stereocenters. The predicted molar refractivity (Wildman–Crippen MR) is 102 cm³/mol. The van der Waals surface area contributed by atoms with E-state index < -0.39 is 0 Å². The van der Waals surface area contributed by atoms with Gasteiger partial charge in [-0.05, 0) is 31.5 Å². The van der Waals surface area contributed by atoms with E-state index in [0.717, 1.165) is 34.5 Å². The Morgan fingerprint density at radius 3 is 3.00 bits per heavy atom. The standard InChI is InChI=1S/C17H18N2O4S.BrH/c1-3-21-16(20)14-10(2)18-17-19(6-7-24-17)15(14)11-4-5-12-13(8-11)23-9-22-12;/h4-5,8,15H,3,6-7,9H2,1-2H3;1H. The molecule has 0 saturated carbocycles. The van der Waals surface area contributed by atoms with Gasteiger partial charge in [0.05, 0.1) is 23.9 Å². The van der Waals surface area contributed by atoms with Gasteiger partial charge in [-0.15, -0.1) is 17.0 Å². The van der Waals surface area contributed by atoms with Crippen LogP contribution in [0.25, 0.3) is 0 Å². The van der Waals surface area contributed by atoms with E-state index in [4.69, 9.17) is 14.2 Å². The minimum atomic E-state index is -0.308. The summed E-state index contributed by atoms with van der Waals surface area (Å²) in [6.45, 7) is 5.10. The summed E-state index contributed by atoms with van der Waals surface area (Å²) in [7, 11) is 0. The monoisotopic (exact) mass is 426 g/mol. The maximum Gasteiger partial charge on any atom is 0.338 e. The van der Waals surface area contributed by atoms with Gasteiger partial charge < -0.3 is 19.1 Å². The van der Waals surface area contributed by atoms with Crippen LogP contribution in [0.3, 0.4) is 0 Å². The highest BCUT2D eigenvalue weighted by Crippen LogP contribution is 2.43. The molecular formula is C17H19BrN2O4S. The second kappa shape index (κ2) is 7.29. The summed E-state index contributed by atoms with van der Waals surface area (Å²) in [5.41, 5.74) is 2.30. The number of amidine groups is 1. The minimum Gasteiger partial charge on any atom is -0.463 e. The number of fused-ring (bicyclic) bond motifs is 2. The van der Waals surface area contributed by atoms with Gasteiger partial charge in [0.2, 0.25) is 6.79 Å². The summed E-state index contributed by atoms with van der Waals surface area (Å²) in [5.74, 6) is 2.10. The van der Waals surface area contributed by atoms with Crippen LogP contribution in [0.1, 0.15) is 25.5 Å². The number of hydrogen-bond acceptors (Lipinski definition) is 7. The topological polar surface area (TPSA) is 60.4 Å². The van der Waals surface area contributed by atoms with E-state index in [1.807, 2.05) is 32.0 Å². The fourth-order valence-corrected chi connectivity index (χ4v) is 4.24. The third kappa shape index (κ3) is 3.13. The maximum atomic E-state index is 12.6. The SMILES string of the molecule is Br.CCOC(=O)C1=C(C)N=C2SCCN2C1c1ccc2c(c1)OCO2. The number of nitrogens with zero attached hydrogens (tertiary/aromatic N) is 2. The van der Waals surface area contributed by atoms with E-state index in [1.54, 1.807) is 11.8 Å². The Labute approximate surface area is 161 Å². The molecule has 8 heteroatoms. The van der Waals surface area contributed by atoms with Crippen LogP contribution >= 0.6 is 28.7 Å². The number of esters is 1. The van der Waals surface area contributed by atoms with E-state index in [0.29, 0.717) is 17.9 Å². The molecule has 3 heterocycles. The Balaban J connectivity index is 0.00000182. The van der Waals surface area contributed by atoms with Crippen molar-refractivity contribution in [2.75, 3.05) is 25.7 Å². The molecule has 25 heavy (non-hydrogen) atoms. The Hall–Kier alpha value is -1.67. The molecule has 0 aliphatic carbocycles. The number of rotatable bonds is 3.